The molecule has 0 fully saturated rings. The molecule has 2 N–H and O–H groups in total. The average Bonchev–Trinajstić information content (AvgIpc) is 2.20. The molecule has 0 aliphatic heterocycles. The molecule has 0 heterocycles. The van der Waals surface area contributed by atoms with E-state index in [0.717, 1.165) is 32.1 Å². The van der Waals surface area contributed by atoms with Gasteiger partial charge < -0.3 is 10.5 Å². The third kappa shape index (κ3) is 8.43. The molecule has 0 saturated carbocycles. The molecule has 3 nitrogen and oxygen atoms in total. The highest BCUT2D eigenvalue weighted by molar-refractivity contribution is 5.75. The smallest absolute Gasteiger partial charge is 0.322 e. The SMILES string of the molecule is CCCCC(N)C(=O)OCCCC(C)C. The van der Waals surface area contributed by atoms with Crippen molar-refractivity contribution in [1.82, 2.24) is 0 Å². The summed E-state index contributed by atoms with van der Waals surface area (Å²) in [6, 6.07) is -0.427. The van der Waals surface area contributed by atoms with Crippen LogP contribution in [-0.4, -0.2) is 18.6 Å². The first-order valence-electron chi connectivity index (χ1n) is 6.00. The normalized spacial score (nSPS) is 12.9. The minimum atomic E-state index is -0.427. The van der Waals surface area contributed by atoms with Crippen LogP contribution in [0.1, 0.15) is 52.9 Å². The fraction of sp³-hybridized carbons (Fsp3) is 0.917. The molecule has 0 saturated heterocycles. The van der Waals surface area contributed by atoms with Gasteiger partial charge in [0.05, 0.1) is 6.61 Å². The van der Waals surface area contributed by atoms with E-state index in [4.69, 9.17) is 10.5 Å². The predicted octanol–water partition coefficient (Wildman–Crippen LogP) is 2.48. The number of nitrogens with two attached hydrogens (primary N) is 1. The highest BCUT2D eigenvalue weighted by Crippen LogP contribution is 2.05. The molecular formula is C12H25NO2. The van der Waals surface area contributed by atoms with E-state index in [1.807, 2.05) is 0 Å². The lowest BCUT2D eigenvalue weighted by atomic mass is 10.1. The molecule has 0 spiro atoms. The van der Waals surface area contributed by atoms with Crippen LogP contribution in [0.4, 0.5) is 0 Å². The lowest BCUT2D eigenvalue weighted by Crippen LogP contribution is -2.32. The molecular weight excluding hydrogens is 190 g/mol. The Morgan fingerprint density at radius 2 is 1.93 bits per heavy atom. The van der Waals surface area contributed by atoms with Crippen LogP contribution in [0.2, 0.25) is 0 Å². The van der Waals surface area contributed by atoms with Crippen molar-refractivity contribution >= 4 is 5.97 Å². The Bertz CT molecular complexity index is 169. The highest BCUT2D eigenvalue weighted by atomic mass is 16.5. The fourth-order valence-corrected chi connectivity index (χ4v) is 1.31. The lowest BCUT2D eigenvalue weighted by Gasteiger charge is -2.11. The summed E-state index contributed by atoms with van der Waals surface area (Å²) in [5.41, 5.74) is 5.67. The van der Waals surface area contributed by atoms with Crippen molar-refractivity contribution in [3.8, 4) is 0 Å². The van der Waals surface area contributed by atoms with E-state index >= 15 is 0 Å². The topological polar surface area (TPSA) is 52.3 Å². The molecule has 0 aliphatic carbocycles. The van der Waals surface area contributed by atoms with Crippen molar-refractivity contribution in [2.24, 2.45) is 11.7 Å². The second-order valence-electron chi connectivity index (χ2n) is 4.45. The van der Waals surface area contributed by atoms with Crippen LogP contribution >= 0.6 is 0 Å². The van der Waals surface area contributed by atoms with E-state index in [1.54, 1.807) is 0 Å². The zero-order valence-corrected chi connectivity index (χ0v) is 10.3. The number of carbonyl (C=O) groups is 1. The third-order valence-corrected chi connectivity index (χ3v) is 2.34. The number of hydrogen-bond acceptors (Lipinski definition) is 3. The molecule has 0 radical (unpaired) electrons. The minimum Gasteiger partial charge on any atom is -0.465 e. The standard InChI is InChI=1S/C12H25NO2/c1-4-5-8-11(13)12(14)15-9-6-7-10(2)3/h10-11H,4-9,13H2,1-3H3. The molecule has 0 aromatic rings. The summed E-state index contributed by atoms with van der Waals surface area (Å²) in [4.78, 5) is 11.3. The van der Waals surface area contributed by atoms with E-state index < -0.39 is 6.04 Å². The van der Waals surface area contributed by atoms with Crippen molar-refractivity contribution in [3.05, 3.63) is 0 Å². The van der Waals surface area contributed by atoms with Crippen molar-refractivity contribution < 1.29 is 9.53 Å². The Morgan fingerprint density at radius 3 is 2.47 bits per heavy atom. The van der Waals surface area contributed by atoms with Gasteiger partial charge in [0.2, 0.25) is 0 Å². The Hall–Kier alpha value is -0.570. The quantitative estimate of drug-likeness (QED) is 0.500. The summed E-state index contributed by atoms with van der Waals surface area (Å²) in [6.45, 7) is 6.92. The molecule has 15 heavy (non-hydrogen) atoms. The Labute approximate surface area is 93.4 Å². The summed E-state index contributed by atoms with van der Waals surface area (Å²) in [6.07, 6.45) is 4.82. The fourth-order valence-electron chi connectivity index (χ4n) is 1.31. The second-order valence-corrected chi connectivity index (χ2v) is 4.45. The van der Waals surface area contributed by atoms with E-state index in [1.165, 1.54) is 0 Å². The summed E-state index contributed by atoms with van der Waals surface area (Å²) in [5.74, 6) is 0.421. The third-order valence-electron chi connectivity index (χ3n) is 2.34. The van der Waals surface area contributed by atoms with Crippen molar-refractivity contribution in [3.63, 3.8) is 0 Å². The number of ether oxygens (including phenoxy) is 1. The molecule has 1 atom stereocenters. The van der Waals surface area contributed by atoms with Crippen LogP contribution in [0.25, 0.3) is 0 Å². The second kappa shape index (κ2) is 8.72. The Morgan fingerprint density at radius 1 is 1.27 bits per heavy atom. The van der Waals surface area contributed by atoms with Gasteiger partial charge in [-0.3, -0.25) is 4.79 Å². The van der Waals surface area contributed by atoms with Crippen LogP contribution in [0.3, 0.4) is 0 Å². The van der Waals surface area contributed by atoms with Gasteiger partial charge in [-0.05, 0) is 25.2 Å². The molecule has 90 valence electrons. The molecule has 3 heteroatoms. The lowest BCUT2D eigenvalue weighted by molar-refractivity contribution is -0.145. The van der Waals surface area contributed by atoms with Crippen LogP contribution in [0.15, 0.2) is 0 Å². The predicted molar refractivity (Wildman–Crippen MR) is 62.5 cm³/mol. The van der Waals surface area contributed by atoms with Gasteiger partial charge in [-0.1, -0.05) is 33.6 Å². The first kappa shape index (κ1) is 14.4. The first-order chi connectivity index (χ1) is 7.07. The average molecular weight is 215 g/mol. The zero-order valence-electron chi connectivity index (χ0n) is 10.3. The molecule has 0 aliphatic rings. The maximum absolute atomic E-state index is 11.3. The van der Waals surface area contributed by atoms with Gasteiger partial charge in [-0.2, -0.15) is 0 Å². The van der Waals surface area contributed by atoms with Crippen molar-refractivity contribution in [2.75, 3.05) is 6.61 Å². The Balaban J connectivity index is 3.47. The van der Waals surface area contributed by atoms with Gasteiger partial charge in [0.15, 0.2) is 0 Å². The summed E-state index contributed by atoms with van der Waals surface area (Å²) in [7, 11) is 0. The van der Waals surface area contributed by atoms with E-state index in [9.17, 15) is 4.79 Å². The molecule has 0 aromatic carbocycles. The van der Waals surface area contributed by atoms with E-state index in [2.05, 4.69) is 20.8 Å². The van der Waals surface area contributed by atoms with Crippen LogP contribution < -0.4 is 5.73 Å². The summed E-state index contributed by atoms with van der Waals surface area (Å²) >= 11 is 0. The monoisotopic (exact) mass is 215 g/mol. The number of rotatable bonds is 8. The summed E-state index contributed by atoms with van der Waals surface area (Å²) in [5, 5.41) is 0. The number of esters is 1. The van der Waals surface area contributed by atoms with Crippen LogP contribution in [0, 0.1) is 5.92 Å². The van der Waals surface area contributed by atoms with Gasteiger partial charge in [0.1, 0.15) is 6.04 Å². The summed E-state index contributed by atoms with van der Waals surface area (Å²) < 4.78 is 5.09. The van der Waals surface area contributed by atoms with Crippen molar-refractivity contribution in [1.29, 1.82) is 0 Å². The first-order valence-corrected chi connectivity index (χ1v) is 6.00. The highest BCUT2D eigenvalue weighted by Gasteiger charge is 2.13. The Kier molecular flexibility index (Phi) is 8.38. The van der Waals surface area contributed by atoms with Gasteiger partial charge in [0.25, 0.3) is 0 Å². The molecule has 0 bridgehead atoms. The van der Waals surface area contributed by atoms with Gasteiger partial charge in [-0.15, -0.1) is 0 Å². The zero-order chi connectivity index (χ0) is 11.7. The van der Waals surface area contributed by atoms with E-state index in [0.29, 0.717) is 12.5 Å². The molecule has 0 amide bonds. The molecule has 0 aromatic heterocycles. The maximum atomic E-state index is 11.3. The number of carbonyl (C=O) groups excluding carboxylic acids is 1. The maximum Gasteiger partial charge on any atom is 0.322 e. The van der Waals surface area contributed by atoms with Gasteiger partial charge in [0, 0.05) is 0 Å². The van der Waals surface area contributed by atoms with E-state index in [-0.39, 0.29) is 5.97 Å². The van der Waals surface area contributed by atoms with Crippen LogP contribution in [-0.2, 0) is 9.53 Å². The molecule has 1 unspecified atom stereocenters. The van der Waals surface area contributed by atoms with Gasteiger partial charge >= 0.3 is 5.97 Å². The van der Waals surface area contributed by atoms with Gasteiger partial charge in [-0.25, -0.2) is 0 Å². The number of unbranched alkanes of at least 4 members (excludes halogenated alkanes) is 1. The largest absolute Gasteiger partial charge is 0.465 e. The minimum absolute atomic E-state index is 0.243. The van der Waals surface area contributed by atoms with Crippen molar-refractivity contribution in [2.45, 2.75) is 58.9 Å². The number of hydrogen-bond donors (Lipinski definition) is 1. The van der Waals surface area contributed by atoms with Crippen LogP contribution in [0.5, 0.6) is 0 Å². The molecule has 0 rings (SSSR count).